The summed E-state index contributed by atoms with van der Waals surface area (Å²) in [6.45, 7) is 10.7. The summed E-state index contributed by atoms with van der Waals surface area (Å²) in [4.78, 5) is 14.0. The van der Waals surface area contributed by atoms with E-state index in [1.165, 1.54) is 0 Å². The molecule has 0 radical (unpaired) electrons. The van der Waals surface area contributed by atoms with Gasteiger partial charge < -0.3 is 10.0 Å². The molecule has 1 N–H and O–H groups in total. The van der Waals surface area contributed by atoms with Crippen LogP contribution >= 0.6 is 0 Å². The second-order valence-electron chi connectivity index (χ2n) is 6.30. The van der Waals surface area contributed by atoms with Gasteiger partial charge in [0, 0.05) is 19.0 Å². The van der Waals surface area contributed by atoms with E-state index in [4.69, 9.17) is 0 Å². The molecule has 1 heterocycles. The van der Waals surface area contributed by atoms with Gasteiger partial charge in [0.15, 0.2) is 0 Å². The number of aliphatic hydroxyl groups is 1. The summed E-state index contributed by atoms with van der Waals surface area (Å²) in [6, 6.07) is 0.188. The molecule has 0 saturated carbocycles. The van der Waals surface area contributed by atoms with Gasteiger partial charge >= 0.3 is 0 Å². The third kappa shape index (κ3) is 5.35. The van der Waals surface area contributed by atoms with Crippen LogP contribution in [0, 0.1) is 11.8 Å². The molecule has 0 bridgehead atoms. The van der Waals surface area contributed by atoms with Crippen LogP contribution < -0.4 is 0 Å². The van der Waals surface area contributed by atoms with E-state index < -0.39 is 0 Å². The Hall–Kier alpha value is -0.830. The number of amides is 1. The first-order valence-electron chi connectivity index (χ1n) is 7.52. The van der Waals surface area contributed by atoms with Crippen LogP contribution in [0.4, 0.5) is 0 Å². The van der Waals surface area contributed by atoms with Crippen molar-refractivity contribution in [1.82, 2.24) is 4.90 Å². The number of aliphatic hydroxyl groups excluding tert-OH is 1. The Labute approximate surface area is 117 Å². The third-order valence-corrected chi connectivity index (χ3v) is 4.06. The minimum Gasteiger partial charge on any atom is -0.391 e. The number of nitrogens with zero attached hydrogens (tertiary/aromatic N) is 1. The van der Waals surface area contributed by atoms with Crippen LogP contribution in [-0.4, -0.2) is 34.6 Å². The number of hydrogen-bond donors (Lipinski definition) is 1. The van der Waals surface area contributed by atoms with E-state index in [1.807, 2.05) is 17.9 Å². The molecule has 110 valence electrons. The van der Waals surface area contributed by atoms with E-state index in [0.717, 1.165) is 25.7 Å². The highest BCUT2D eigenvalue weighted by Crippen LogP contribution is 2.23. The highest BCUT2D eigenvalue weighted by atomic mass is 16.3. The van der Waals surface area contributed by atoms with E-state index in [9.17, 15) is 9.90 Å². The summed E-state index contributed by atoms with van der Waals surface area (Å²) in [7, 11) is 0. The van der Waals surface area contributed by atoms with Gasteiger partial charge in [-0.15, -0.1) is 6.58 Å². The monoisotopic (exact) mass is 267 g/mol. The highest BCUT2D eigenvalue weighted by Gasteiger charge is 2.31. The van der Waals surface area contributed by atoms with Crippen LogP contribution in [-0.2, 0) is 4.79 Å². The van der Waals surface area contributed by atoms with Crippen molar-refractivity contribution in [2.75, 3.05) is 6.54 Å². The van der Waals surface area contributed by atoms with E-state index >= 15 is 0 Å². The number of β-amino-alcohol motifs (C(OH)–C–C–N with tert-alkyl or cyclic N) is 1. The number of carbonyl (C=O) groups is 1. The number of rotatable bonds is 7. The summed E-state index contributed by atoms with van der Waals surface area (Å²) in [5.41, 5.74) is 0. The molecule has 19 heavy (non-hydrogen) atoms. The summed E-state index contributed by atoms with van der Waals surface area (Å²) < 4.78 is 0. The molecule has 1 aliphatic rings. The lowest BCUT2D eigenvalue weighted by Gasteiger charge is -2.24. The molecule has 0 spiro atoms. The maximum absolute atomic E-state index is 12.2. The fourth-order valence-electron chi connectivity index (χ4n) is 3.06. The Morgan fingerprint density at radius 2 is 2.16 bits per heavy atom. The predicted molar refractivity (Wildman–Crippen MR) is 78.8 cm³/mol. The molecule has 0 aromatic rings. The van der Waals surface area contributed by atoms with E-state index in [0.29, 0.717) is 24.8 Å². The average molecular weight is 267 g/mol. The number of carbonyl (C=O) groups excluding carboxylic acids is 1. The smallest absolute Gasteiger partial charge is 0.223 e. The average Bonchev–Trinajstić information content (AvgIpc) is 2.65. The third-order valence-electron chi connectivity index (χ3n) is 4.06. The normalized spacial score (nSPS) is 26.2. The van der Waals surface area contributed by atoms with Gasteiger partial charge in [-0.3, -0.25) is 4.79 Å². The van der Waals surface area contributed by atoms with Crippen molar-refractivity contribution in [2.45, 2.75) is 65.0 Å². The summed E-state index contributed by atoms with van der Waals surface area (Å²) in [5, 5.41) is 9.59. The molecule has 1 amide bonds. The molecule has 0 aromatic heterocycles. The molecule has 1 fully saturated rings. The van der Waals surface area contributed by atoms with E-state index in [-0.39, 0.29) is 18.1 Å². The molecule has 1 saturated heterocycles. The quantitative estimate of drug-likeness (QED) is 0.720. The minimum atomic E-state index is -0.333. The van der Waals surface area contributed by atoms with Crippen LogP contribution in [0.25, 0.3) is 0 Å². The van der Waals surface area contributed by atoms with Gasteiger partial charge in [-0.25, -0.2) is 0 Å². The van der Waals surface area contributed by atoms with Crippen LogP contribution in [0.15, 0.2) is 12.7 Å². The van der Waals surface area contributed by atoms with Gasteiger partial charge in [-0.1, -0.05) is 19.9 Å². The second-order valence-corrected chi connectivity index (χ2v) is 6.30. The zero-order chi connectivity index (χ0) is 14.4. The maximum atomic E-state index is 12.2. The fourth-order valence-corrected chi connectivity index (χ4v) is 3.06. The molecule has 3 nitrogen and oxygen atoms in total. The van der Waals surface area contributed by atoms with Gasteiger partial charge in [0.25, 0.3) is 0 Å². The summed E-state index contributed by atoms with van der Waals surface area (Å²) in [6.07, 6.45) is 6.24. The standard InChI is InChI=1S/C16H29NO2/c1-5-6-7-12(2)8-13(3)9-16(19)17-11-15(18)10-14(17)4/h5,12-15,18H,1,6-11H2,2-4H3/t12?,13?,14?,15-/m1/s1. The number of likely N-dealkylation sites (tertiary alicyclic amines) is 1. The molecule has 3 heteroatoms. The SMILES string of the molecule is C=CCCC(C)CC(C)CC(=O)N1C[C@H](O)CC1C. The van der Waals surface area contributed by atoms with Crippen LogP contribution in [0.2, 0.25) is 0 Å². The molecular weight excluding hydrogens is 238 g/mol. The Morgan fingerprint density at radius 1 is 1.47 bits per heavy atom. The molecule has 1 aliphatic heterocycles. The molecule has 3 unspecified atom stereocenters. The van der Waals surface area contributed by atoms with Gasteiger partial charge in [-0.05, 0) is 44.4 Å². The lowest BCUT2D eigenvalue weighted by molar-refractivity contribution is -0.133. The van der Waals surface area contributed by atoms with Crippen LogP contribution in [0.5, 0.6) is 0 Å². The first-order chi connectivity index (χ1) is 8.93. The molecule has 0 aliphatic carbocycles. The summed E-state index contributed by atoms with van der Waals surface area (Å²) in [5.74, 6) is 1.26. The minimum absolute atomic E-state index is 0.188. The first kappa shape index (κ1) is 16.2. The van der Waals surface area contributed by atoms with Crippen molar-refractivity contribution in [2.24, 2.45) is 11.8 Å². The van der Waals surface area contributed by atoms with Crippen molar-refractivity contribution < 1.29 is 9.90 Å². The lowest BCUT2D eigenvalue weighted by Crippen LogP contribution is -2.35. The van der Waals surface area contributed by atoms with Crippen molar-refractivity contribution in [3.63, 3.8) is 0 Å². The Kier molecular flexibility index (Phi) is 6.56. The van der Waals surface area contributed by atoms with E-state index in [2.05, 4.69) is 20.4 Å². The Bertz CT molecular complexity index is 303. The lowest BCUT2D eigenvalue weighted by atomic mass is 9.91. The number of allylic oxidation sites excluding steroid dienone is 1. The molecule has 0 aromatic carbocycles. The molecule has 4 atom stereocenters. The Morgan fingerprint density at radius 3 is 2.68 bits per heavy atom. The van der Waals surface area contributed by atoms with Crippen molar-refractivity contribution in [3.8, 4) is 0 Å². The maximum Gasteiger partial charge on any atom is 0.223 e. The van der Waals surface area contributed by atoms with Crippen molar-refractivity contribution in [3.05, 3.63) is 12.7 Å². The fraction of sp³-hybridized carbons (Fsp3) is 0.812. The Balaban J connectivity index is 2.33. The summed E-state index contributed by atoms with van der Waals surface area (Å²) >= 11 is 0. The van der Waals surface area contributed by atoms with Crippen LogP contribution in [0.1, 0.15) is 52.9 Å². The largest absolute Gasteiger partial charge is 0.391 e. The van der Waals surface area contributed by atoms with E-state index in [1.54, 1.807) is 0 Å². The molecular formula is C16H29NO2. The van der Waals surface area contributed by atoms with Crippen molar-refractivity contribution in [1.29, 1.82) is 0 Å². The van der Waals surface area contributed by atoms with Crippen molar-refractivity contribution >= 4 is 5.91 Å². The van der Waals surface area contributed by atoms with Gasteiger partial charge in [0.1, 0.15) is 0 Å². The topological polar surface area (TPSA) is 40.5 Å². The molecule has 1 rings (SSSR count). The number of hydrogen-bond acceptors (Lipinski definition) is 2. The zero-order valence-electron chi connectivity index (χ0n) is 12.6. The zero-order valence-corrected chi connectivity index (χ0v) is 12.6. The van der Waals surface area contributed by atoms with Gasteiger partial charge in [0.2, 0.25) is 5.91 Å². The van der Waals surface area contributed by atoms with Gasteiger partial charge in [0.05, 0.1) is 6.10 Å². The second kappa shape index (κ2) is 7.68. The van der Waals surface area contributed by atoms with Crippen LogP contribution in [0.3, 0.4) is 0 Å². The highest BCUT2D eigenvalue weighted by molar-refractivity contribution is 5.77. The predicted octanol–water partition coefficient (Wildman–Crippen LogP) is 2.99. The first-order valence-corrected chi connectivity index (χ1v) is 7.52. The van der Waals surface area contributed by atoms with Gasteiger partial charge in [-0.2, -0.15) is 0 Å².